The van der Waals surface area contributed by atoms with Crippen molar-refractivity contribution in [3.05, 3.63) is 11.8 Å². The summed E-state index contributed by atoms with van der Waals surface area (Å²) in [4.78, 5) is 2.42. The highest BCUT2D eigenvalue weighted by molar-refractivity contribution is 5.06. The Morgan fingerprint density at radius 1 is 1.50 bits per heavy atom. The number of nitrogens with zero attached hydrogens (tertiary/aromatic N) is 1. The van der Waals surface area contributed by atoms with E-state index in [0.717, 1.165) is 25.9 Å². The topological polar surface area (TPSA) is 29.3 Å². The molecule has 0 saturated carbocycles. The molecule has 1 unspecified atom stereocenters. The largest absolute Gasteiger partial charge is 0.376 e. The maximum absolute atomic E-state index is 5.82. The molecule has 0 aromatic heterocycles. The van der Waals surface area contributed by atoms with Gasteiger partial charge in [-0.15, -0.1) is 0 Å². The number of allylic oxidation sites excluding steroid dienone is 1. The van der Waals surface area contributed by atoms with Gasteiger partial charge >= 0.3 is 0 Å². The van der Waals surface area contributed by atoms with Gasteiger partial charge in [0.2, 0.25) is 0 Å². The van der Waals surface area contributed by atoms with Crippen molar-refractivity contribution in [1.29, 1.82) is 0 Å². The maximum Gasteiger partial charge on any atom is 0.0146 e. The van der Waals surface area contributed by atoms with E-state index in [1.807, 2.05) is 0 Å². The van der Waals surface area contributed by atoms with Crippen molar-refractivity contribution in [2.45, 2.75) is 39.2 Å². The molecular formula is C10H20N2. The monoisotopic (exact) mass is 168 g/mol. The van der Waals surface area contributed by atoms with E-state index >= 15 is 0 Å². The minimum absolute atomic E-state index is 0.407. The molecule has 1 rings (SSSR count). The van der Waals surface area contributed by atoms with Crippen LogP contribution in [0.25, 0.3) is 0 Å². The Labute approximate surface area is 75.4 Å². The fourth-order valence-corrected chi connectivity index (χ4v) is 1.76. The van der Waals surface area contributed by atoms with Crippen LogP contribution in [0.2, 0.25) is 0 Å². The SMILES string of the molecule is CCN(CC)C1=CCC(N)CC1. The smallest absolute Gasteiger partial charge is 0.0146 e. The van der Waals surface area contributed by atoms with Gasteiger partial charge in [0, 0.05) is 24.8 Å². The van der Waals surface area contributed by atoms with E-state index < -0.39 is 0 Å². The average molecular weight is 168 g/mol. The van der Waals surface area contributed by atoms with Gasteiger partial charge in [0.05, 0.1) is 0 Å². The van der Waals surface area contributed by atoms with Crippen LogP contribution in [-0.2, 0) is 0 Å². The van der Waals surface area contributed by atoms with Crippen molar-refractivity contribution in [2.24, 2.45) is 5.73 Å². The summed E-state index contributed by atoms with van der Waals surface area (Å²) in [6.07, 6.45) is 5.69. The summed E-state index contributed by atoms with van der Waals surface area (Å²) in [5, 5.41) is 0. The third kappa shape index (κ3) is 2.24. The molecule has 1 aliphatic rings. The quantitative estimate of drug-likeness (QED) is 0.695. The van der Waals surface area contributed by atoms with Gasteiger partial charge in [-0.2, -0.15) is 0 Å². The van der Waals surface area contributed by atoms with Crippen LogP contribution >= 0.6 is 0 Å². The first-order valence-electron chi connectivity index (χ1n) is 4.97. The Morgan fingerprint density at radius 2 is 2.17 bits per heavy atom. The van der Waals surface area contributed by atoms with Crippen molar-refractivity contribution in [3.8, 4) is 0 Å². The molecule has 2 nitrogen and oxygen atoms in total. The molecule has 0 radical (unpaired) electrons. The van der Waals surface area contributed by atoms with E-state index in [4.69, 9.17) is 5.73 Å². The molecule has 0 amide bonds. The summed E-state index contributed by atoms with van der Waals surface area (Å²) in [5.41, 5.74) is 7.32. The Balaban J connectivity index is 2.50. The zero-order valence-electron chi connectivity index (χ0n) is 8.21. The summed E-state index contributed by atoms with van der Waals surface area (Å²) in [5.74, 6) is 0. The van der Waals surface area contributed by atoms with E-state index in [-0.39, 0.29) is 0 Å². The molecule has 0 spiro atoms. The summed E-state index contributed by atoms with van der Waals surface area (Å²) >= 11 is 0. The summed E-state index contributed by atoms with van der Waals surface area (Å²) < 4.78 is 0. The number of rotatable bonds is 3. The maximum atomic E-state index is 5.82. The van der Waals surface area contributed by atoms with Crippen molar-refractivity contribution in [1.82, 2.24) is 4.90 Å². The second kappa shape index (κ2) is 4.51. The van der Waals surface area contributed by atoms with E-state index in [1.165, 1.54) is 12.1 Å². The lowest BCUT2D eigenvalue weighted by Gasteiger charge is -2.28. The highest BCUT2D eigenvalue weighted by Gasteiger charge is 2.13. The third-order valence-electron chi connectivity index (χ3n) is 2.60. The van der Waals surface area contributed by atoms with E-state index in [0.29, 0.717) is 6.04 Å². The second-order valence-electron chi connectivity index (χ2n) is 3.40. The molecule has 0 aliphatic heterocycles. The fraction of sp³-hybridized carbons (Fsp3) is 0.800. The molecule has 70 valence electrons. The molecule has 0 fully saturated rings. The van der Waals surface area contributed by atoms with Crippen LogP contribution in [0.15, 0.2) is 11.8 Å². The van der Waals surface area contributed by atoms with Gasteiger partial charge in [-0.25, -0.2) is 0 Å². The van der Waals surface area contributed by atoms with Gasteiger partial charge in [-0.05, 0) is 33.1 Å². The molecule has 1 atom stereocenters. The zero-order chi connectivity index (χ0) is 8.97. The molecule has 0 saturated heterocycles. The molecule has 0 heterocycles. The first-order chi connectivity index (χ1) is 5.77. The lowest BCUT2D eigenvalue weighted by atomic mass is 9.99. The zero-order valence-corrected chi connectivity index (χ0v) is 8.21. The lowest BCUT2D eigenvalue weighted by molar-refractivity contribution is 0.349. The summed E-state index contributed by atoms with van der Waals surface area (Å²) in [6.45, 7) is 6.66. The van der Waals surface area contributed by atoms with Crippen molar-refractivity contribution >= 4 is 0 Å². The molecule has 2 heteroatoms. The van der Waals surface area contributed by atoms with Gasteiger partial charge in [0.25, 0.3) is 0 Å². The minimum atomic E-state index is 0.407. The van der Waals surface area contributed by atoms with Crippen LogP contribution in [0, 0.1) is 0 Å². The van der Waals surface area contributed by atoms with E-state index in [1.54, 1.807) is 0 Å². The highest BCUT2D eigenvalue weighted by atomic mass is 15.1. The van der Waals surface area contributed by atoms with Crippen LogP contribution in [0.1, 0.15) is 33.1 Å². The number of hydrogen-bond donors (Lipinski definition) is 1. The van der Waals surface area contributed by atoms with Crippen LogP contribution in [0.3, 0.4) is 0 Å². The predicted molar refractivity (Wildman–Crippen MR) is 52.8 cm³/mol. The Morgan fingerprint density at radius 3 is 2.58 bits per heavy atom. The molecule has 2 N–H and O–H groups in total. The normalized spacial score (nSPS) is 23.6. The first-order valence-corrected chi connectivity index (χ1v) is 4.97. The van der Waals surface area contributed by atoms with Gasteiger partial charge in [-0.3, -0.25) is 0 Å². The van der Waals surface area contributed by atoms with E-state index in [9.17, 15) is 0 Å². The molecule has 12 heavy (non-hydrogen) atoms. The lowest BCUT2D eigenvalue weighted by Crippen LogP contribution is -2.28. The summed E-state index contributed by atoms with van der Waals surface area (Å²) in [7, 11) is 0. The predicted octanol–water partition coefficient (Wildman–Crippen LogP) is 1.72. The van der Waals surface area contributed by atoms with Crippen LogP contribution in [0.4, 0.5) is 0 Å². The fourth-order valence-electron chi connectivity index (χ4n) is 1.76. The minimum Gasteiger partial charge on any atom is -0.376 e. The van der Waals surface area contributed by atoms with E-state index in [2.05, 4.69) is 24.8 Å². The Bertz CT molecular complexity index is 159. The number of nitrogens with two attached hydrogens (primary N) is 1. The Hall–Kier alpha value is -0.500. The first kappa shape index (κ1) is 9.59. The second-order valence-corrected chi connectivity index (χ2v) is 3.40. The van der Waals surface area contributed by atoms with Crippen molar-refractivity contribution in [2.75, 3.05) is 13.1 Å². The van der Waals surface area contributed by atoms with Gasteiger partial charge < -0.3 is 10.6 Å². The highest BCUT2D eigenvalue weighted by Crippen LogP contribution is 2.19. The van der Waals surface area contributed by atoms with Gasteiger partial charge in [0.1, 0.15) is 0 Å². The van der Waals surface area contributed by atoms with Crippen LogP contribution in [0.5, 0.6) is 0 Å². The molecule has 0 aromatic rings. The molecular weight excluding hydrogens is 148 g/mol. The van der Waals surface area contributed by atoms with Crippen molar-refractivity contribution in [3.63, 3.8) is 0 Å². The molecule has 0 bridgehead atoms. The summed E-state index contributed by atoms with van der Waals surface area (Å²) in [6, 6.07) is 0.407. The van der Waals surface area contributed by atoms with Crippen LogP contribution < -0.4 is 5.73 Å². The van der Waals surface area contributed by atoms with Gasteiger partial charge in [0.15, 0.2) is 0 Å². The third-order valence-corrected chi connectivity index (χ3v) is 2.60. The van der Waals surface area contributed by atoms with Crippen molar-refractivity contribution < 1.29 is 0 Å². The van der Waals surface area contributed by atoms with Crippen LogP contribution in [-0.4, -0.2) is 24.0 Å². The Kier molecular flexibility index (Phi) is 3.60. The average Bonchev–Trinajstić information content (AvgIpc) is 2.10. The molecule has 0 aromatic carbocycles. The number of hydrogen-bond acceptors (Lipinski definition) is 2. The van der Waals surface area contributed by atoms with Gasteiger partial charge in [-0.1, -0.05) is 6.08 Å². The molecule has 1 aliphatic carbocycles. The standard InChI is InChI=1S/C10H20N2/c1-3-12(4-2)10-7-5-9(11)6-8-10/h7,9H,3-6,8,11H2,1-2H3.